The van der Waals surface area contributed by atoms with Crippen LogP contribution in [0.5, 0.6) is 5.75 Å². The molecule has 1 aliphatic rings. The maximum absolute atomic E-state index is 13.4. The van der Waals surface area contributed by atoms with Crippen molar-refractivity contribution >= 4 is 33.0 Å². The summed E-state index contributed by atoms with van der Waals surface area (Å²) < 4.78 is 33.6. The molecule has 0 saturated carbocycles. The number of methoxy groups -OCH3 is 1. The highest BCUT2D eigenvalue weighted by atomic mass is 32.2. The average molecular weight is 457 g/mol. The second-order valence-corrected chi connectivity index (χ2v) is 10.3. The van der Waals surface area contributed by atoms with E-state index in [9.17, 15) is 13.2 Å². The van der Waals surface area contributed by atoms with Crippen molar-refractivity contribution in [2.24, 2.45) is 0 Å². The molecule has 31 heavy (non-hydrogen) atoms. The van der Waals surface area contributed by atoms with Gasteiger partial charge in [0.15, 0.2) is 0 Å². The predicted molar refractivity (Wildman–Crippen MR) is 122 cm³/mol. The van der Waals surface area contributed by atoms with Crippen LogP contribution in [0.3, 0.4) is 0 Å². The van der Waals surface area contributed by atoms with Crippen LogP contribution in [0.2, 0.25) is 0 Å². The Balaban J connectivity index is 1.61. The third-order valence-corrected chi connectivity index (χ3v) is 8.53. The number of benzene rings is 2. The average Bonchev–Trinajstić information content (AvgIpc) is 3.27. The van der Waals surface area contributed by atoms with Crippen LogP contribution >= 0.6 is 11.3 Å². The van der Waals surface area contributed by atoms with Crippen LogP contribution in [-0.2, 0) is 23.0 Å². The summed E-state index contributed by atoms with van der Waals surface area (Å²) in [5.41, 5.74) is 4.52. The zero-order chi connectivity index (χ0) is 22.2. The minimum atomic E-state index is -3.80. The van der Waals surface area contributed by atoms with E-state index in [2.05, 4.69) is 5.32 Å². The number of amides is 1. The molecule has 2 heterocycles. The Hall–Kier alpha value is -2.68. The van der Waals surface area contributed by atoms with E-state index in [1.165, 1.54) is 15.9 Å². The molecule has 4 rings (SSSR count). The molecule has 2 aromatic carbocycles. The van der Waals surface area contributed by atoms with Crippen LogP contribution < -0.4 is 10.1 Å². The lowest BCUT2D eigenvalue weighted by Crippen LogP contribution is -2.36. The first-order valence-corrected chi connectivity index (χ1v) is 12.2. The van der Waals surface area contributed by atoms with Gasteiger partial charge in [-0.2, -0.15) is 4.31 Å². The molecular formula is C23H24N2O4S2. The molecule has 1 aromatic heterocycles. The first-order valence-electron chi connectivity index (χ1n) is 9.93. The van der Waals surface area contributed by atoms with Crippen molar-refractivity contribution < 1.29 is 17.9 Å². The molecule has 0 radical (unpaired) electrons. The maximum Gasteiger partial charge on any atom is 0.267 e. The van der Waals surface area contributed by atoms with E-state index in [1.807, 2.05) is 44.2 Å². The molecule has 1 N–H and O–H groups in total. The van der Waals surface area contributed by atoms with Gasteiger partial charge in [-0.25, -0.2) is 8.42 Å². The standard InChI is InChI=1S/C23H24N2O4S2/c1-15-8-9-19(16(2)21(15)29-3)24-23(26)22-20(11-13-30-22)31(27,28)25-12-10-17-6-4-5-7-18(17)14-25/h4-9,11,13H,10,12,14H2,1-3H3,(H,24,26). The zero-order valence-electron chi connectivity index (χ0n) is 17.6. The monoisotopic (exact) mass is 456 g/mol. The molecule has 0 unspecified atom stereocenters. The Morgan fingerprint density at radius 3 is 2.58 bits per heavy atom. The minimum absolute atomic E-state index is 0.0473. The van der Waals surface area contributed by atoms with Crippen LogP contribution in [0.4, 0.5) is 5.69 Å². The van der Waals surface area contributed by atoms with Crippen LogP contribution in [0.25, 0.3) is 0 Å². The van der Waals surface area contributed by atoms with Gasteiger partial charge in [-0.3, -0.25) is 4.79 Å². The number of nitrogens with one attached hydrogen (secondary N) is 1. The summed E-state index contributed by atoms with van der Waals surface area (Å²) in [7, 11) is -2.22. The number of aryl methyl sites for hydroxylation is 1. The largest absolute Gasteiger partial charge is 0.496 e. The molecule has 0 spiro atoms. The number of ether oxygens (including phenoxy) is 1. The number of rotatable bonds is 5. The van der Waals surface area contributed by atoms with Gasteiger partial charge in [0.1, 0.15) is 15.5 Å². The van der Waals surface area contributed by atoms with Gasteiger partial charge < -0.3 is 10.1 Å². The first kappa shape index (κ1) is 21.5. The fourth-order valence-corrected chi connectivity index (χ4v) is 6.65. The molecule has 0 atom stereocenters. The Morgan fingerprint density at radius 1 is 1.10 bits per heavy atom. The van der Waals surface area contributed by atoms with Crippen molar-refractivity contribution in [2.75, 3.05) is 19.0 Å². The van der Waals surface area contributed by atoms with Gasteiger partial charge in [0.2, 0.25) is 10.0 Å². The van der Waals surface area contributed by atoms with Crippen molar-refractivity contribution in [1.82, 2.24) is 4.31 Å². The van der Waals surface area contributed by atoms with Crippen molar-refractivity contribution in [1.29, 1.82) is 0 Å². The highest BCUT2D eigenvalue weighted by Gasteiger charge is 2.32. The molecule has 1 amide bonds. The molecule has 0 aliphatic carbocycles. The lowest BCUT2D eigenvalue weighted by Gasteiger charge is -2.28. The van der Waals surface area contributed by atoms with Crippen LogP contribution in [0, 0.1) is 13.8 Å². The summed E-state index contributed by atoms with van der Waals surface area (Å²) in [6.45, 7) is 4.49. The van der Waals surface area contributed by atoms with E-state index in [-0.39, 0.29) is 9.77 Å². The molecule has 3 aromatic rings. The maximum atomic E-state index is 13.4. The van der Waals surface area contributed by atoms with Gasteiger partial charge in [0.25, 0.3) is 5.91 Å². The summed E-state index contributed by atoms with van der Waals surface area (Å²) >= 11 is 1.12. The second kappa shape index (κ2) is 8.45. The number of sulfonamides is 1. The Kier molecular flexibility index (Phi) is 5.88. The number of anilines is 1. The van der Waals surface area contributed by atoms with E-state index in [1.54, 1.807) is 18.6 Å². The van der Waals surface area contributed by atoms with Crippen LogP contribution in [0.15, 0.2) is 52.7 Å². The summed E-state index contributed by atoms with van der Waals surface area (Å²) in [6.07, 6.45) is 0.656. The Labute approximate surface area is 186 Å². The topological polar surface area (TPSA) is 75.7 Å². The first-order chi connectivity index (χ1) is 14.8. The Morgan fingerprint density at radius 2 is 1.84 bits per heavy atom. The van der Waals surface area contributed by atoms with Crippen LogP contribution in [0.1, 0.15) is 31.9 Å². The van der Waals surface area contributed by atoms with E-state index in [0.717, 1.165) is 28.0 Å². The van der Waals surface area contributed by atoms with E-state index >= 15 is 0 Å². The molecule has 8 heteroatoms. The summed E-state index contributed by atoms with van der Waals surface area (Å²) in [5.74, 6) is 0.254. The second-order valence-electron chi connectivity index (χ2n) is 7.51. The lowest BCUT2D eigenvalue weighted by molar-refractivity contribution is 0.102. The van der Waals surface area contributed by atoms with E-state index in [4.69, 9.17) is 4.74 Å². The number of nitrogens with zero attached hydrogens (tertiary/aromatic N) is 1. The molecule has 0 saturated heterocycles. The highest BCUT2D eigenvalue weighted by molar-refractivity contribution is 7.89. The van der Waals surface area contributed by atoms with Crippen molar-refractivity contribution in [3.05, 3.63) is 75.0 Å². The fourth-order valence-electron chi connectivity index (χ4n) is 3.94. The molecule has 1 aliphatic heterocycles. The van der Waals surface area contributed by atoms with Gasteiger partial charge in [-0.1, -0.05) is 30.3 Å². The lowest BCUT2D eigenvalue weighted by atomic mass is 10.0. The van der Waals surface area contributed by atoms with Crippen molar-refractivity contribution in [3.63, 3.8) is 0 Å². The van der Waals surface area contributed by atoms with E-state index < -0.39 is 15.9 Å². The smallest absolute Gasteiger partial charge is 0.267 e. The van der Waals surface area contributed by atoms with Gasteiger partial charge in [0, 0.05) is 24.3 Å². The highest BCUT2D eigenvalue weighted by Crippen LogP contribution is 2.32. The number of fused-ring (bicyclic) bond motifs is 1. The molecule has 162 valence electrons. The molecule has 6 nitrogen and oxygen atoms in total. The number of hydrogen-bond acceptors (Lipinski definition) is 5. The quantitative estimate of drug-likeness (QED) is 0.619. The van der Waals surface area contributed by atoms with Crippen molar-refractivity contribution in [2.45, 2.75) is 31.7 Å². The third-order valence-electron chi connectivity index (χ3n) is 5.60. The van der Waals surface area contributed by atoms with Gasteiger partial charge >= 0.3 is 0 Å². The minimum Gasteiger partial charge on any atom is -0.496 e. The number of carbonyl (C=O) groups excluding carboxylic acids is 1. The SMILES string of the molecule is COc1c(C)ccc(NC(=O)c2sccc2S(=O)(=O)N2CCc3ccccc3C2)c1C. The van der Waals surface area contributed by atoms with Gasteiger partial charge in [-0.05, 0) is 54.5 Å². The van der Waals surface area contributed by atoms with Crippen LogP contribution in [-0.4, -0.2) is 32.3 Å². The zero-order valence-corrected chi connectivity index (χ0v) is 19.3. The predicted octanol–water partition coefficient (Wildman–Crippen LogP) is 4.37. The summed E-state index contributed by atoms with van der Waals surface area (Å²) in [4.78, 5) is 13.3. The van der Waals surface area contributed by atoms with E-state index in [0.29, 0.717) is 30.9 Å². The van der Waals surface area contributed by atoms with Crippen molar-refractivity contribution in [3.8, 4) is 5.75 Å². The molecule has 0 bridgehead atoms. The molecule has 0 fully saturated rings. The summed E-state index contributed by atoms with van der Waals surface area (Å²) in [6, 6.07) is 13.0. The number of hydrogen-bond donors (Lipinski definition) is 1. The molecular weight excluding hydrogens is 432 g/mol. The fraction of sp³-hybridized carbons (Fsp3) is 0.261. The van der Waals surface area contributed by atoms with Gasteiger partial charge in [-0.15, -0.1) is 11.3 Å². The van der Waals surface area contributed by atoms with Gasteiger partial charge in [0.05, 0.1) is 7.11 Å². The number of carbonyl (C=O) groups is 1. The normalized spacial score (nSPS) is 14.2. The third kappa shape index (κ3) is 3.98. The summed E-state index contributed by atoms with van der Waals surface area (Å²) in [5, 5.41) is 4.50. The number of thiophene rings is 1. The Bertz CT molecular complexity index is 1250.